The number of aromatic nitrogens is 2. The Morgan fingerprint density at radius 3 is 2.70 bits per heavy atom. The third-order valence-corrected chi connectivity index (χ3v) is 4.09. The van der Waals surface area contributed by atoms with Gasteiger partial charge in [0.1, 0.15) is 0 Å². The molecule has 1 unspecified atom stereocenters. The molecule has 2 rings (SSSR count). The Labute approximate surface area is 121 Å². The number of hydrogen-bond acceptors (Lipinski definition) is 3. The van der Waals surface area contributed by atoms with Crippen molar-refractivity contribution in [1.29, 1.82) is 0 Å². The molecule has 1 fully saturated rings. The Balaban J connectivity index is 2.18. The summed E-state index contributed by atoms with van der Waals surface area (Å²) in [5.74, 6) is 0.224. The van der Waals surface area contributed by atoms with Crippen LogP contribution in [0.3, 0.4) is 0 Å². The van der Waals surface area contributed by atoms with Crippen molar-refractivity contribution in [3.63, 3.8) is 0 Å². The predicted octanol–water partition coefficient (Wildman–Crippen LogP) is 3.17. The normalized spacial score (nSPS) is 18.6. The van der Waals surface area contributed by atoms with E-state index in [2.05, 4.69) is 18.9 Å². The van der Waals surface area contributed by atoms with E-state index in [0.29, 0.717) is 12.5 Å². The lowest BCUT2D eigenvalue weighted by atomic mass is 10.0. The van der Waals surface area contributed by atoms with Crippen LogP contribution in [0.1, 0.15) is 68.2 Å². The maximum Gasteiger partial charge on any atom is 0.166 e. The summed E-state index contributed by atoms with van der Waals surface area (Å²) in [5, 5.41) is 4.67. The van der Waals surface area contributed by atoms with E-state index in [-0.39, 0.29) is 5.78 Å². The highest BCUT2D eigenvalue weighted by Gasteiger charge is 2.22. The number of ether oxygens (including phenoxy) is 1. The SMILES string of the molecule is CCC(=O)c1c(CC)nn(CCC2CCCO2)c1CC. The molecule has 1 aliphatic rings. The van der Waals surface area contributed by atoms with Gasteiger partial charge in [0.05, 0.1) is 17.4 Å². The number of nitrogens with zero attached hydrogens (tertiary/aromatic N) is 2. The lowest BCUT2D eigenvalue weighted by Crippen LogP contribution is -2.13. The Morgan fingerprint density at radius 1 is 1.35 bits per heavy atom. The molecule has 1 aromatic heterocycles. The Bertz CT molecular complexity index is 459. The first kappa shape index (κ1) is 15.2. The first-order valence-corrected chi connectivity index (χ1v) is 7.94. The largest absolute Gasteiger partial charge is 0.378 e. The highest BCUT2D eigenvalue weighted by Crippen LogP contribution is 2.21. The van der Waals surface area contributed by atoms with Crippen LogP contribution in [-0.2, 0) is 24.1 Å². The fraction of sp³-hybridized carbons (Fsp3) is 0.750. The summed E-state index contributed by atoms with van der Waals surface area (Å²) in [5.41, 5.74) is 2.94. The van der Waals surface area contributed by atoms with Gasteiger partial charge in [-0.05, 0) is 32.1 Å². The number of Topliss-reactive ketones (excluding diaryl/α,β-unsaturated/α-hetero) is 1. The highest BCUT2D eigenvalue weighted by atomic mass is 16.5. The molecule has 2 heterocycles. The van der Waals surface area contributed by atoms with Crippen LogP contribution in [0.2, 0.25) is 0 Å². The molecular weight excluding hydrogens is 252 g/mol. The third kappa shape index (κ3) is 3.11. The number of hydrogen-bond donors (Lipinski definition) is 0. The summed E-state index contributed by atoms with van der Waals surface area (Å²) >= 11 is 0. The number of carbonyl (C=O) groups is 1. The molecule has 1 atom stereocenters. The van der Waals surface area contributed by atoms with Gasteiger partial charge in [-0.25, -0.2) is 0 Å². The van der Waals surface area contributed by atoms with Gasteiger partial charge in [-0.2, -0.15) is 5.10 Å². The molecule has 0 N–H and O–H groups in total. The number of ketones is 1. The van der Waals surface area contributed by atoms with Crippen molar-refractivity contribution in [3.05, 3.63) is 17.0 Å². The van der Waals surface area contributed by atoms with Crippen molar-refractivity contribution in [2.24, 2.45) is 0 Å². The lowest BCUT2D eigenvalue weighted by molar-refractivity contribution is 0.0984. The maximum atomic E-state index is 12.2. The molecule has 1 aromatic rings. The van der Waals surface area contributed by atoms with Gasteiger partial charge in [-0.3, -0.25) is 9.48 Å². The standard InChI is InChI=1S/C16H26N2O2/c1-4-13-16(15(19)6-3)14(5-2)18(17-13)10-9-12-8-7-11-20-12/h12H,4-11H2,1-3H3. The van der Waals surface area contributed by atoms with E-state index in [4.69, 9.17) is 4.74 Å². The fourth-order valence-corrected chi connectivity index (χ4v) is 2.98. The Hall–Kier alpha value is -1.16. The molecular formula is C16H26N2O2. The monoisotopic (exact) mass is 278 g/mol. The van der Waals surface area contributed by atoms with Gasteiger partial charge in [0.2, 0.25) is 0 Å². The van der Waals surface area contributed by atoms with Crippen molar-refractivity contribution in [2.45, 2.75) is 71.9 Å². The molecule has 0 amide bonds. The molecule has 1 saturated heterocycles. The zero-order chi connectivity index (χ0) is 14.5. The summed E-state index contributed by atoms with van der Waals surface area (Å²) in [6.45, 7) is 7.84. The summed E-state index contributed by atoms with van der Waals surface area (Å²) in [4.78, 5) is 12.2. The van der Waals surface area contributed by atoms with Crippen LogP contribution in [0.25, 0.3) is 0 Å². The summed E-state index contributed by atoms with van der Waals surface area (Å²) in [7, 11) is 0. The molecule has 1 aliphatic heterocycles. The molecule has 112 valence electrons. The van der Waals surface area contributed by atoms with Crippen LogP contribution in [0.4, 0.5) is 0 Å². The smallest absolute Gasteiger partial charge is 0.166 e. The third-order valence-electron chi connectivity index (χ3n) is 4.09. The van der Waals surface area contributed by atoms with Gasteiger partial charge in [0.15, 0.2) is 5.78 Å². The molecule has 0 bridgehead atoms. The van der Waals surface area contributed by atoms with Crippen molar-refractivity contribution >= 4 is 5.78 Å². The van der Waals surface area contributed by atoms with Crippen LogP contribution >= 0.6 is 0 Å². The molecule has 4 nitrogen and oxygen atoms in total. The number of carbonyl (C=O) groups excluding carboxylic acids is 1. The number of rotatable bonds is 7. The van der Waals surface area contributed by atoms with Crippen LogP contribution in [-0.4, -0.2) is 28.3 Å². The molecule has 20 heavy (non-hydrogen) atoms. The van der Waals surface area contributed by atoms with Crippen LogP contribution < -0.4 is 0 Å². The molecule has 0 saturated carbocycles. The van der Waals surface area contributed by atoms with Gasteiger partial charge in [-0.15, -0.1) is 0 Å². The summed E-state index contributed by atoms with van der Waals surface area (Å²) in [6.07, 6.45) is 5.93. The van der Waals surface area contributed by atoms with Gasteiger partial charge in [-0.1, -0.05) is 20.8 Å². The zero-order valence-electron chi connectivity index (χ0n) is 12.9. The first-order chi connectivity index (χ1) is 9.71. The van der Waals surface area contributed by atoms with E-state index in [9.17, 15) is 4.79 Å². The van der Waals surface area contributed by atoms with Crippen LogP contribution in [0.15, 0.2) is 0 Å². The van der Waals surface area contributed by atoms with Crippen molar-refractivity contribution in [3.8, 4) is 0 Å². The minimum Gasteiger partial charge on any atom is -0.378 e. The number of aryl methyl sites for hydroxylation is 2. The van der Waals surface area contributed by atoms with Crippen molar-refractivity contribution in [1.82, 2.24) is 9.78 Å². The van der Waals surface area contributed by atoms with Crippen molar-refractivity contribution in [2.75, 3.05) is 6.61 Å². The summed E-state index contributed by atoms with van der Waals surface area (Å²) in [6, 6.07) is 0. The minimum atomic E-state index is 0.224. The van der Waals surface area contributed by atoms with E-state index in [1.54, 1.807) is 0 Å². The van der Waals surface area contributed by atoms with Gasteiger partial charge in [0.25, 0.3) is 0 Å². The highest BCUT2D eigenvalue weighted by molar-refractivity contribution is 5.98. The quantitative estimate of drug-likeness (QED) is 0.720. The Morgan fingerprint density at radius 2 is 2.15 bits per heavy atom. The van der Waals surface area contributed by atoms with E-state index in [1.165, 1.54) is 6.42 Å². The van der Waals surface area contributed by atoms with E-state index in [0.717, 1.165) is 55.8 Å². The van der Waals surface area contributed by atoms with E-state index in [1.807, 2.05) is 11.6 Å². The van der Waals surface area contributed by atoms with Crippen LogP contribution in [0.5, 0.6) is 0 Å². The van der Waals surface area contributed by atoms with Crippen LogP contribution in [0, 0.1) is 0 Å². The van der Waals surface area contributed by atoms with Gasteiger partial charge in [0, 0.05) is 25.3 Å². The first-order valence-electron chi connectivity index (χ1n) is 7.94. The Kier molecular flexibility index (Phi) is 5.35. The molecule has 0 spiro atoms. The zero-order valence-corrected chi connectivity index (χ0v) is 12.9. The molecule has 0 aromatic carbocycles. The average molecular weight is 278 g/mol. The fourth-order valence-electron chi connectivity index (χ4n) is 2.98. The van der Waals surface area contributed by atoms with Crippen molar-refractivity contribution < 1.29 is 9.53 Å². The minimum absolute atomic E-state index is 0.224. The lowest BCUT2D eigenvalue weighted by Gasteiger charge is -2.11. The average Bonchev–Trinajstić information content (AvgIpc) is 3.10. The second-order valence-corrected chi connectivity index (χ2v) is 5.40. The van der Waals surface area contributed by atoms with Gasteiger partial charge < -0.3 is 4.74 Å². The molecule has 0 aliphatic carbocycles. The van der Waals surface area contributed by atoms with E-state index < -0.39 is 0 Å². The molecule has 4 heteroatoms. The molecule has 0 radical (unpaired) electrons. The topological polar surface area (TPSA) is 44.1 Å². The van der Waals surface area contributed by atoms with E-state index >= 15 is 0 Å². The maximum absolute atomic E-state index is 12.2. The van der Waals surface area contributed by atoms with Gasteiger partial charge >= 0.3 is 0 Å². The predicted molar refractivity (Wildman–Crippen MR) is 79.2 cm³/mol. The second kappa shape index (κ2) is 7.02. The second-order valence-electron chi connectivity index (χ2n) is 5.40. The summed E-state index contributed by atoms with van der Waals surface area (Å²) < 4.78 is 7.72.